The van der Waals surface area contributed by atoms with Crippen molar-refractivity contribution in [3.63, 3.8) is 0 Å². The van der Waals surface area contributed by atoms with Gasteiger partial charge in [-0.25, -0.2) is 9.97 Å². The molecule has 0 bridgehead atoms. The van der Waals surface area contributed by atoms with Crippen LogP contribution in [-0.2, 0) is 0 Å². The van der Waals surface area contributed by atoms with Crippen LogP contribution in [-0.4, -0.2) is 54.4 Å². The average Bonchev–Trinajstić information content (AvgIpc) is 2.95. The fraction of sp³-hybridized carbons (Fsp3) is 0.375. The summed E-state index contributed by atoms with van der Waals surface area (Å²) in [7, 11) is 0. The number of aliphatic hydroxyl groups excluding tert-OH is 1. The quantitative estimate of drug-likeness (QED) is 0.537. The SMILES string of the molecule is OCC[NH+]1CCN(c2ncnc3c2oc2ccccc23)CC1.[Cl-]. The number of rotatable bonds is 3. The maximum atomic E-state index is 9.05. The standard InChI is InChI=1S/C16H18N4O2.ClH/c21-10-9-19-5-7-20(8-6-19)16-15-14(17-11-18-16)12-3-1-2-4-13(12)22-15;/h1-4,11,21H,5-10H2;1H. The molecular formula is C16H19ClN4O2. The highest BCUT2D eigenvalue weighted by Crippen LogP contribution is 2.31. The molecule has 2 aromatic heterocycles. The van der Waals surface area contributed by atoms with E-state index in [4.69, 9.17) is 9.52 Å². The molecule has 0 atom stereocenters. The van der Waals surface area contributed by atoms with Gasteiger partial charge in [-0.2, -0.15) is 0 Å². The zero-order valence-corrected chi connectivity index (χ0v) is 13.5. The first-order valence-electron chi connectivity index (χ1n) is 7.68. The first-order chi connectivity index (χ1) is 10.9. The molecule has 3 heterocycles. The molecule has 0 amide bonds. The summed E-state index contributed by atoms with van der Waals surface area (Å²) in [5.41, 5.74) is 2.50. The van der Waals surface area contributed by atoms with Crippen molar-refractivity contribution in [2.45, 2.75) is 0 Å². The van der Waals surface area contributed by atoms with Crippen molar-refractivity contribution >= 4 is 27.9 Å². The van der Waals surface area contributed by atoms with Crippen molar-refractivity contribution in [1.29, 1.82) is 0 Å². The first-order valence-corrected chi connectivity index (χ1v) is 7.68. The number of anilines is 1. The van der Waals surface area contributed by atoms with Crippen LogP contribution in [0.25, 0.3) is 22.1 Å². The number of halogens is 1. The summed E-state index contributed by atoms with van der Waals surface area (Å²) in [5.74, 6) is 0.879. The summed E-state index contributed by atoms with van der Waals surface area (Å²) < 4.78 is 6.00. The molecule has 7 heteroatoms. The van der Waals surface area contributed by atoms with Crippen LogP contribution in [0.4, 0.5) is 5.82 Å². The van der Waals surface area contributed by atoms with Crippen LogP contribution in [0.2, 0.25) is 0 Å². The van der Waals surface area contributed by atoms with E-state index in [9.17, 15) is 0 Å². The minimum atomic E-state index is 0. The fourth-order valence-electron chi connectivity index (χ4n) is 3.18. The van der Waals surface area contributed by atoms with E-state index < -0.39 is 0 Å². The second kappa shape index (κ2) is 6.70. The van der Waals surface area contributed by atoms with E-state index in [-0.39, 0.29) is 19.0 Å². The summed E-state index contributed by atoms with van der Waals surface area (Å²) in [5, 5.41) is 10.1. The van der Waals surface area contributed by atoms with Gasteiger partial charge in [-0.1, -0.05) is 12.1 Å². The summed E-state index contributed by atoms with van der Waals surface area (Å²) in [6.07, 6.45) is 1.62. The van der Waals surface area contributed by atoms with Gasteiger partial charge in [-0.15, -0.1) is 0 Å². The summed E-state index contributed by atoms with van der Waals surface area (Å²) in [6, 6.07) is 7.95. The third kappa shape index (κ3) is 2.85. The summed E-state index contributed by atoms with van der Waals surface area (Å²) in [6.45, 7) is 4.91. The van der Waals surface area contributed by atoms with Gasteiger partial charge in [0.1, 0.15) is 24.0 Å². The molecule has 1 aromatic carbocycles. The number of aromatic nitrogens is 2. The molecule has 1 fully saturated rings. The van der Waals surface area contributed by atoms with Crippen molar-refractivity contribution in [2.24, 2.45) is 0 Å². The van der Waals surface area contributed by atoms with Gasteiger partial charge in [0, 0.05) is 5.39 Å². The highest BCUT2D eigenvalue weighted by Gasteiger charge is 2.24. The van der Waals surface area contributed by atoms with Gasteiger partial charge in [0.15, 0.2) is 11.4 Å². The summed E-state index contributed by atoms with van der Waals surface area (Å²) in [4.78, 5) is 12.6. The van der Waals surface area contributed by atoms with Crippen molar-refractivity contribution in [3.05, 3.63) is 30.6 Å². The molecule has 0 radical (unpaired) electrons. The lowest BCUT2D eigenvalue weighted by atomic mass is 10.2. The Morgan fingerprint density at radius 2 is 1.96 bits per heavy atom. The van der Waals surface area contributed by atoms with Gasteiger partial charge in [0.2, 0.25) is 0 Å². The third-order valence-electron chi connectivity index (χ3n) is 4.37. The minimum Gasteiger partial charge on any atom is -1.00 e. The maximum Gasteiger partial charge on any atom is 0.196 e. The average molecular weight is 335 g/mol. The molecular weight excluding hydrogens is 316 g/mol. The van der Waals surface area contributed by atoms with E-state index in [0.29, 0.717) is 0 Å². The Labute approximate surface area is 140 Å². The topological polar surface area (TPSA) is 66.8 Å². The van der Waals surface area contributed by atoms with Crippen LogP contribution in [0, 0.1) is 0 Å². The lowest BCUT2D eigenvalue weighted by Crippen LogP contribution is -3.15. The molecule has 0 aliphatic carbocycles. The van der Waals surface area contributed by atoms with Crippen LogP contribution in [0.3, 0.4) is 0 Å². The van der Waals surface area contributed by atoms with Gasteiger partial charge in [0.05, 0.1) is 32.8 Å². The number of quaternary nitrogens is 1. The van der Waals surface area contributed by atoms with E-state index in [2.05, 4.69) is 14.9 Å². The Bertz CT molecular complexity index is 799. The second-order valence-corrected chi connectivity index (χ2v) is 5.68. The van der Waals surface area contributed by atoms with Gasteiger partial charge < -0.3 is 31.7 Å². The molecule has 4 rings (SSSR count). The Kier molecular flexibility index (Phi) is 4.66. The molecule has 23 heavy (non-hydrogen) atoms. The van der Waals surface area contributed by atoms with E-state index >= 15 is 0 Å². The van der Waals surface area contributed by atoms with E-state index in [1.807, 2.05) is 24.3 Å². The smallest absolute Gasteiger partial charge is 0.196 e. The largest absolute Gasteiger partial charge is 1.00 e. The number of hydrogen-bond donors (Lipinski definition) is 2. The predicted octanol–water partition coefficient (Wildman–Crippen LogP) is -2.92. The number of hydrogen-bond acceptors (Lipinski definition) is 5. The molecule has 0 spiro atoms. The highest BCUT2D eigenvalue weighted by atomic mass is 35.5. The molecule has 122 valence electrons. The number of nitrogens with zero attached hydrogens (tertiary/aromatic N) is 3. The van der Waals surface area contributed by atoms with Crippen molar-refractivity contribution in [1.82, 2.24) is 9.97 Å². The van der Waals surface area contributed by atoms with Gasteiger partial charge in [-0.05, 0) is 12.1 Å². The molecule has 2 N–H and O–H groups in total. The van der Waals surface area contributed by atoms with Crippen LogP contribution >= 0.6 is 0 Å². The lowest BCUT2D eigenvalue weighted by molar-refractivity contribution is -0.900. The zero-order chi connectivity index (χ0) is 14.9. The number of furan rings is 1. The molecule has 1 aliphatic rings. The Balaban J connectivity index is 0.00000156. The number of aliphatic hydroxyl groups is 1. The van der Waals surface area contributed by atoms with E-state index in [1.165, 1.54) is 4.90 Å². The number of fused-ring (bicyclic) bond motifs is 3. The Hall–Kier alpha value is -1.89. The van der Waals surface area contributed by atoms with Crippen molar-refractivity contribution < 1.29 is 26.8 Å². The number of piperazine rings is 1. The number of nitrogens with one attached hydrogen (secondary N) is 1. The number of benzene rings is 1. The van der Waals surface area contributed by atoms with Gasteiger partial charge in [-0.3, -0.25) is 0 Å². The Morgan fingerprint density at radius 1 is 1.17 bits per heavy atom. The second-order valence-electron chi connectivity index (χ2n) is 5.68. The molecule has 6 nitrogen and oxygen atoms in total. The van der Waals surface area contributed by atoms with E-state index in [1.54, 1.807) is 6.33 Å². The van der Waals surface area contributed by atoms with Gasteiger partial charge in [0.25, 0.3) is 0 Å². The maximum absolute atomic E-state index is 9.05. The van der Waals surface area contributed by atoms with Crippen LogP contribution in [0.15, 0.2) is 35.0 Å². The van der Waals surface area contributed by atoms with Crippen LogP contribution < -0.4 is 22.2 Å². The fourth-order valence-corrected chi connectivity index (χ4v) is 3.18. The highest BCUT2D eigenvalue weighted by molar-refractivity contribution is 6.05. The van der Waals surface area contributed by atoms with Crippen molar-refractivity contribution in [2.75, 3.05) is 44.2 Å². The third-order valence-corrected chi connectivity index (χ3v) is 4.37. The molecule has 1 aliphatic heterocycles. The monoisotopic (exact) mass is 334 g/mol. The molecule has 0 saturated carbocycles. The molecule has 1 saturated heterocycles. The molecule has 3 aromatic rings. The van der Waals surface area contributed by atoms with Crippen molar-refractivity contribution in [3.8, 4) is 0 Å². The van der Waals surface area contributed by atoms with E-state index in [0.717, 1.165) is 60.6 Å². The first kappa shape index (κ1) is 16.0. The molecule has 0 unspecified atom stereocenters. The number of para-hydroxylation sites is 1. The lowest BCUT2D eigenvalue weighted by Gasteiger charge is -2.32. The predicted molar refractivity (Wildman–Crippen MR) is 84.2 cm³/mol. The van der Waals surface area contributed by atoms with Crippen LogP contribution in [0.1, 0.15) is 0 Å². The van der Waals surface area contributed by atoms with Crippen LogP contribution in [0.5, 0.6) is 0 Å². The summed E-state index contributed by atoms with van der Waals surface area (Å²) >= 11 is 0. The minimum absolute atomic E-state index is 0. The normalized spacial score (nSPS) is 16.0. The Morgan fingerprint density at radius 3 is 2.74 bits per heavy atom. The van der Waals surface area contributed by atoms with Gasteiger partial charge >= 0.3 is 0 Å². The zero-order valence-electron chi connectivity index (χ0n) is 12.7.